The average Bonchev–Trinajstić information content (AvgIpc) is 2.84. The Bertz CT molecular complexity index is 421. The lowest BCUT2D eigenvalue weighted by atomic mass is 10.00. The van der Waals surface area contributed by atoms with Gasteiger partial charge in [-0.2, -0.15) is 0 Å². The van der Waals surface area contributed by atoms with Crippen LogP contribution >= 0.6 is 0 Å². The summed E-state index contributed by atoms with van der Waals surface area (Å²) in [4.78, 5) is 2.28. The highest BCUT2D eigenvalue weighted by molar-refractivity contribution is 5.12. The first-order valence-electron chi connectivity index (χ1n) is 7.37. The first-order valence-corrected chi connectivity index (χ1v) is 7.37. The summed E-state index contributed by atoms with van der Waals surface area (Å²) in [6.45, 7) is 7.56. The van der Waals surface area contributed by atoms with Gasteiger partial charge in [0.1, 0.15) is 11.5 Å². The highest BCUT2D eigenvalue weighted by atomic mass is 16.5. The van der Waals surface area contributed by atoms with Crippen LogP contribution in [0.2, 0.25) is 0 Å². The molecule has 0 bridgehead atoms. The van der Waals surface area contributed by atoms with Crippen LogP contribution in [0.15, 0.2) is 16.5 Å². The molecule has 4 unspecified atom stereocenters. The van der Waals surface area contributed by atoms with E-state index in [9.17, 15) is 5.11 Å². The van der Waals surface area contributed by atoms with Crippen molar-refractivity contribution in [1.82, 2.24) is 4.90 Å². The Kier molecular flexibility index (Phi) is 5.21. The van der Waals surface area contributed by atoms with Crippen molar-refractivity contribution < 1.29 is 14.3 Å². The quantitative estimate of drug-likeness (QED) is 0.855. The molecule has 1 aromatic rings. The summed E-state index contributed by atoms with van der Waals surface area (Å²) in [5, 5.41) is 9.37. The van der Waals surface area contributed by atoms with Gasteiger partial charge in [-0.05, 0) is 32.4 Å². The number of rotatable bonds is 5. The van der Waals surface area contributed by atoms with E-state index in [0.29, 0.717) is 6.54 Å². The number of hydrogen-bond acceptors (Lipinski definition) is 5. The maximum Gasteiger partial charge on any atom is 0.122 e. The van der Waals surface area contributed by atoms with E-state index in [0.717, 1.165) is 24.5 Å². The molecule has 0 saturated carbocycles. The molecule has 114 valence electrons. The number of ether oxygens (including phenoxy) is 1. The Morgan fingerprint density at radius 2 is 2.20 bits per heavy atom. The van der Waals surface area contributed by atoms with E-state index in [4.69, 9.17) is 14.9 Å². The van der Waals surface area contributed by atoms with Crippen LogP contribution in [0.1, 0.15) is 37.8 Å². The lowest BCUT2D eigenvalue weighted by Crippen LogP contribution is -2.52. The van der Waals surface area contributed by atoms with Crippen LogP contribution in [-0.4, -0.2) is 48.0 Å². The molecule has 1 fully saturated rings. The SMILES string of the molecule is CCC(N)C(c1ccc(C)o1)N1CC(C)OC(CO)C1. The summed E-state index contributed by atoms with van der Waals surface area (Å²) in [5.74, 6) is 1.80. The lowest BCUT2D eigenvalue weighted by Gasteiger charge is -2.41. The predicted molar refractivity (Wildman–Crippen MR) is 77.4 cm³/mol. The maximum atomic E-state index is 9.37. The van der Waals surface area contributed by atoms with Gasteiger partial charge in [-0.3, -0.25) is 4.90 Å². The summed E-state index contributed by atoms with van der Waals surface area (Å²) >= 11 is 0. The molecule has 5 nitrogen and oxygen atoms in total. The lowest BCUT2D eigenvalue weighted by molar-refractivity contribution is -0.110. The van der Waals surface area contributed by atoms with Crippen LogP contribution in [0.3, 0.4) is 0 Å². The van der Waals surface area contributed by atoms with Crippen LogP contribution < -0.4 is 5.73 Å². The monoisotopic (exact) mass is 282 g/mol. The third-order valence-electron chi connectivity index (χ3n) is 3.88. The number of hydrogen-bond donors (Lipinski definition) is 2. The van der Waals surface area contributed by atoms with E-state index in [1.165, 1.54) is 0 Å². The van der Waals surface area contributed by atoms with Gasteiger partial charge in [0.25, 0.3) is 0 Å². The summed E-state index contributed by atoms with van der Waals surface area (Å²) in [7, 11) is 0. The normalized spacial score (nSPS) is 27.4. The number of morpholine rings is 1. The van der Waals surface area contributed by atoms with E-state index < -0.39 is 0 Å². The summed E-state index contributed by atoms with van der Waals surface area (Å²) in [6.07, 6.45) is 0.810. The zero-order chi connectivity index (χ0) is 14.7. The van der Waals surface area contributed by atoms with Gasteiger partial charge in [0.05, 0.1) is 24.9 Å². The molecular weight excluding hydrogens is 256 g/mol. The van der Waals surface area contributed by atoms with E-state index in [2.05, 4.69) is 11.8 Å². The Morgan fingerprint density at radius 1 is 1.45 bits per heavy atom. The molecule has 0 aromatic carbocycles. The third kappa shape index (κ3) is 3.41. The molecule has 0 amide bonds. The van der Waals surface area contributed by atoms with Gasteiger partial charge in [0, 0.05) is 19.1 Å². The minimum Gasteiger partial charge on any atom is -0.465 e. The first kappa shape index (κ1) is 15.5. The van der Waals surface area contributed by atoms with Crippen molar-refractivity contribution in [2.24, 2.45) is 5.73 Å². The molecule has 1 aliphatic heterocycles. The van der Waals surface area contributed by atoms with Crippen molar-refractivity contribution in [1.29, 1.82) is 0 Å². The molecule has 0 radical (unpaired) electrons. The van der Waals surface area contributed by atoms with Crippen LogP contribution in [0.4, 0.5) is 0 Å². The molecule has 4 atom stereocenters. The molecule has 0 spiro atoms. The second kappa shape index (κ2) is 6.72. The maximum absolute atomic E-state index is 9.37. The standard InChI is InChI=1S/C15H26N2O3/c1-4-13(16)15(14-6-5-10(2)20-14)17-7-11(3)19-12(8-17)9-18/h5-6,11-13,15,18H,4,7-9,16H2,1-3H3. The number of nitrogens with zero attached hydrogens (tertiary/aromatic N) is 1. The molecule has 1 aromatic heterocycles. The molecule has 5 heteroatoms. The van der Waals surface area contributed by atoms with Crippen LogP contribution in [0, 0.1) is 6.92 Å². The van der Waals surface area contributed by atoms with E-state index >= 15 is 0 Å². The van der Waals surface area contributed by atoms with Crippen molar-refractivity contribution in [3.05, 3.63) is 23.7 Å². The highest BCUT2D eigenvalue weighted by Crippen LogP contribution is 2.29. The van der Waals surface area contributed by atoms with Gasteiger partial charge in [-0.15, -0.1) is 0 Å². The topological polar surface area (TPSA) is 71.9 Å². The Balaban J connectivity index is 2.22. The molecule has 20 heavy (non-hydrogen) atoms. The van der Waals surface area contributed by atoms with Crippen molar-refractivity contribution in [2.75, 3.05) is 19.7 Å². The Morgan fingerprint density at radius 3 is 2.75 bits per heavy atom. The largest absolute Gasteiger partial charge is 0.465 e. The fourth-order valence-corrected chi connectivity index (χ4v) is 2.91. The van der Waals surface area contributed by atoms with Crippen molar-refractivity contribution in [2.45, 2.75) is 51.5 Å². The van der Waals surface area contributed by atoms with Gasteiger partial charge >= 0.3 is 0 Å². The van der Waals surface area contributed by atoms with Gasteiger partial charge in [-0.25, -0.2) is 0 Å². The fraction of sp³-hybridized carbons (Fsp3) is 0.733. The van der Waals surface area contributed by atoms with Gasteiger partial charge in [-0.1, -0.05) is 6.92 Å². The molecule has 2 heterocycles. The van der Waals surface area contributed by atoms with Crippen LogP contribution in [0.25, 0.3) is 0 Å². The van der Waals surface area contributed by atoms with Gasteiger partial charge in [0.2, 0.25) is 0 Å². The number of aliphatic hydroxyl groups excluding tert-OH is 1. The third-order valence-corrected chi connectivity index (χ3v) is 3.88. The summed E-state index contributed by atoms with van der Waals surface area (Å²) in [5.41, 5.74) is 6.32. The summed E-state index contributed by atoms with van der Waals surface area (Å²) < 4.78 is 11.5. The van der Waals surface area contributed by atoms with Gasteiger partial charge < -0.3 is 20.0 Å². The molecule has 0 aliphatic carbocycles. The van der Waals surface area contributed by atoms with Crippen molar-refractivity contribution in [3.8, 4) is 0 Å². The predicted octanol–water partition coefficient (Wildman–Crippen LogP) is 1.45. The van der Waals surface area contributed by atoms with E-state index in [1.807, 2.05) is 26.0 Å². The Labute approximate surface area is 120 Å². The molecule has 1 aliphatic rings. The average molecular weight is 282 g/mol. The van der Waals surface area contributed by atoms with Crippen LogP contribution in [0.5, 0.6) is 0 Å². The fourth-order valence-electron chi connectivity index (χ4n) is 2.91. The zero-order valence-electron chi connectivity index (χ0n) is 12.6. The number of furan rings is 1. The zero-order valence-corrected chi connectivity index (χ0v) is 12.6. The molecule has 3 N–H and O–H groups in total. The second-order valence-corrected chi connectivity index (χ2v) is 5.67. The van der Waals surface area contributed by atoms with Crippen LogP contribution in [-0.2, 0) is 4.74 Å². The number of nitrogens with two attached hydrogens (primary N) is 1. The molecule has 2 rings (SSSR count). The van der Waals surface area contributed by atoms with Crippen molar-refractivity contribution >= 4 is 0 Å². The number of aryl methyl sites for hydroxylation is 1. The van der Waals surface area contributed by atoms with E-state index in [-0.39, 0.29) is 30.9 Å². The summed E-state index contributed by atoms with van der Waals surface area (Å²) in [6, 6.07) is 4.01. The minimum atomic E-state index is -0.152. The smallest absolute Gasteiger partial charge is 0.122 e. The molecule has 1 saturated heterocycles. The highest BCUT2D eigenvalue weighted by Gasteiger charge is 2.34. The van der Waals surface area contributed by atoms with E-state index in [1.54, 1.807) is 0 Å². The first-order chi connectivity index (χ1) is 9.55. The minimum absolute atomic E-state index is 0.00481. The van der Waals surface area contributed by atoms with Crippen molar-refractivity contribution in [3.63, 3.8) is 0 Å². The Hall–Kier alpha value is -0.880. The number of aliphatic hydroxyl groups is 1. The second-order valence-electron chi connectivity index (χ2n) is 5.67. The van der Waals surface area contributed by atoms with Gasteiger partial charge in [0.15, 0.2) is 0 Å². The molecular formula is C15H26N2O3.